The molecule has 76 valence electrons. The first-order valence-corrected chi connectivity index (χ1v) is 5.21. The second-order valence-corrected chi connectivity index (χ2v) is 3.85. The lowest BCUT2D eigenvalue weighted by molar-refractivity contribution is 0.354. The summed E-state index contributed by atoms with van der Waals surface area (Å²) >= 11 is 0. The zero-order valence-electron chi connectivity index (χ0n) is 8.89. The van der Waals surface area contributed by atoms with Gasteiger partial charge in [-0.05, 0) is 43.6 Å². The lowest BCUT2D eigenvalue weighted by atomic mass is 10.0. The Bertz CT molecular complexity index is 333. The summed E-state index contributed by atoms with van der Waals surface area (Å²) in [4.78, 5) is 0. The summed E-state index contributed by atoms with van der Waals surface area (Å²) in [5, 5.41) is 3.17. The van der Waals surface area contributed by atoms with Gasteiger partial charge in [-0.25, -0.2) is 0 Å². The van der Waals surface area contributed by atoms with Gasteiger partial charge in [-0.15, -0.1) is 0 Å². The van der Waals surface area contributed by atoms with Crippen molar-refractivity contribution in [3.63, 3.8) is 0 Å². The fourth-order valence-corrected chi connectivity index (χ4v) is 2.00. The third-order valence-electron chi connectivity index (χ3n) is 2.69. The highest BCUT2D eigenvalue weighted by Gasteiger charge is 2.14. The predicted octanol–water partition coefficient (Wildman–Crippen LogP) is 1.69. The van der Waals surface area contributed by atoms with E-state index in [0.717, 1.165) is 31.7 Å². The van der Waals surface area contributed by atoms with Crippen LogP contribution in [0.5, 0.6) is 5.75 Å². The van der Waals surface area contributed by atoms with Gasteiger partial charge in [0.15, 0.2) is 0 Å². The summed E-state index contributed by atoms with van der Waals surface area (Å²) in [6, 6.07) is 4.52. The Labute approximate surface area is 85.3 Å². The smallest absolute Gasteiger partial charge is 0.125 e. The third kappa shape index (κ3) is 1.75. The molecule has 2 nitrogen and oxygen atoms in total. The molecule has 2 rings (SSSR count). The maximum absolute atomic E-state index is 5.57. The minimum atomic E-state index is 0.853. The maximum atomic E-state index is 5.57. The topological polar surface area (TPSA) is 21.3 Å². The maximum Gasteiger partial charge on any atom is 0.125 e. The van der Waals surface area contributed by atoms with E-state index in [4.69, 9.17) is 4.74 Å². The molecule has 0 unspecified atom stereocenters. The number of likely N-dealkylation sites (N-methyl/N-ethyl adjacent to an activating group) is 1. The van der Waals surface area contributed by atoms with Gasteiger partial charge in [-0.3, -0.25) is 0 Å². The summed E-state index contributed by atoms with van der Waals surface area (Å²) in [6.45, 7) is 4.03. The van der Waals surface area contributed by atoms with Gasteiger partial charge in [0.25, 0.3) is 0 Å². The summed E-state index contributed by atoms with van der Waals surface area (Å²) < 4.78 is 5.57. The van der Waals surface area contributed by atoms with E-state index in [2.05, 4.69) is 24.4 Å². The second-order valence-electron chi connectivity index (χ2n) is 3.85. The van der Waals surface area contributed by atoms with Crippen molar-refractivity contribution >= 4 is 0 Å². The minimum Gasteiger partial charge on any atom is -0.493 e. The van der Waals surface area contributed by atoms with E-state index in [1.165, 1.54) is 16.7 Å². The van der Waals surface area contributed by atoms with Crippen LogP contribution in [0.4, 0.5) is 0 Å². The molecule has 0 spiro atoms. The van der Waals surface area contributed by atoms with Crippen LogP contribution in [-0.2, 0) is 12.8 Å². The Morgan fingerprint density at radius 1 is 1.43 bits per heavy atom. The molecule has 1 aromatic carbocycles. The van der Waals surface area contributed by atoms with Gasteiger partial charge in [-0.2, -0.15) is 0 Å². The summed E-state index contributed by atoms with van der Waals surface area (Å²) in [5.41, 5.74) is 4.09. The Morgan fingerprint density at radius 2 is 2.29 bits per heavy atom. The van der Waals surface area contributed by atoms with Crippen LogP contribution >= 0.6 is 0 Å². The number of ether oxygens (including phenoxy) is 1. The zero-order valence-corrected chi connectivity index (χ0v) is 8.89. The van der Waals surface area contributed by atoms with Crippen molar-refractivity contribution in [2.45, 2.75) is 19.8 Å². The quantitative estimate of drug-likeness (QED) is 0.785. The summed E-state index contributed by atoms with van der Waals surface area (Å²) in [6.07, 6.45) is 2.17. The number of fused-ring (bicyclic) bond motifs is 1. The molecule has 0 bridgehead atoms. The number of rotatable bonds is 3. The highest BCUT2D eigenvalue weighted by Crippen LogP contribution is 2.30. The van der Waals surface area contributed by atoms with Crippen molar-refractivity contribution < 1.29 is 4.74 Å². The Morgan fingerprint density at radius 3 is 3.07 bits per heavy atom. The molecule has 1 aliphatic rings. The van der Waals surface area contributed by atoms with Crippen molar-refractivity contribution in [2.24, 2.45) is 0 Å². The van der Waals surface area contributed by atoms with Gasteiger partial charge in [0, 0.05) is 6.42 Å². The number of hydrogen-bond acceptors (Lipinski definition) is 2. The molecular weight excluding hydrogens is 174 g/mol. The Hall–Kier alpha value is -1.02. The number of aryl methyl sites for hydroxylation is 1. The van der Waals surface area contributed by atoms with E-state index in [1.807, 2.05) is 7.05 Å². The van der Waals surface area contributed by atoms with Gasteiger partial charge in [0.2, 0.25) is 0 Å². The van der Waals surface area contributed by atoms with Crippen LogP contribution in [0, 0.1) is 6.92 Å². The second kappa shape index (κ2) is 4.01. The molecule has 2 heteroatoms. The fourth-order valence-electron chi connectivity index (χ4n) is 2.00. The largest absolute Gasteiger partial charge is 0.493 e. The van der Waals surface area contributed by atoms with Crippen molar-refractivity contribution in [2.75, 3.05) is 20.2 Å². The lowest BCUT2D eigenvalue weighted by Crippen LogP contribution is -2.10. The Balaban J connectivity index is 2.23. The van der Waals surface area contributed by atoms with Crippen LogP contribution in [0.3, 0.4) is 0 Å². The number of hydrogen-bond donors (Lipinski definition) is 1. The van der Waals surface area contributed by atoms with E-state index >= 15 is 0 Å². The van der Waals surface area contributed by atoms with Gasteiger partial charge < -0.3 is 10.1 Å². The molecule has 1 heterocycles. The third-order valence-corrected chi connectivity index (χ3v) is 2.69. The summed E-state index contributed by atoms with van der Waals surface area (Å²) in [5.74, 6) is 1.12. The SMILES string of the molecule is CNCCc1cc(C)c2c(c1)CCO2. The predicted molar refractivity (Wildman–Crippen MR) is 58.0 cm³/mol. The van der Waals surface area contributed by atoms with Crippen LogP contribution in [0.2, 0.25) is 0 Å². The average Bonchev–Trinajstić information content (AvgIpc) is 2.63. The van der Waals surface area contributed by atoms with Crippen LogP contribution in [0.15, 0.2) is 12.1 Å². The highest BCUT2D eigenvalue weighted by atomic mass is 16.5. The van der Waals surface area contributed by atoms with Crippen molar-refractivity contribution in [1.29, 1.82) is 0 Å². The molecule has 0 atom stereocenters. The molecule has 0 aliphatic carbocycles. The first-order chi connectivity index (χ1) is 6.81. The molecule has 1 N–H and O–H groups in total. The van der Waals surface area contributed by atoms with E-state index in [9.17, 15) is 0 Å². The van der Waals surface area contributed by atoms with Gasteiger partial charge in [0.05, 0.1) is 6.61 Å². The lowest BCUT2D eigenvalue weighted by Gasteiger charge is -2.07. The van der Waals surface area contributed by atoms with E-state index < -0.39 is 0 Å². The minimum absolute atomic E-state index is 0.853. The number of nitrogens with one attached hydrogen (secondary N) is 1. The molecule has 1 aliphatic heterocycles. The molecule has 0 aromatic heterocycles. The monoisotopic (exact) mass is 191 g/mol. The average molecular weight is 191 g/mol. The van der Waals surface area contributed by atoms with Crippen LogP contribution < -0.4 is 10.1 Å². The molecule has 14 heavy (non-hydrogen) atoms. The van der Waals surface area contributed by atoms with Crippen LogP contribution in [0.1, 0.15) is 16.7 Å². The molecule has 0 radical (unpaired) electrons. The first kappa shape index (κ1) is 9.53. The van der Waals surface area contributed by atoms with Gasteiger partial charge in [0.1, 0.15) is 5.75 Å². The van der Waals surface area contributed by atoms with Gasteiger partial charge in [-0.1, -0.05) is 12.1 Å². The van der Waals surface area contributed by atoms with E-state index in [0.29, 0.717) is 0 Å². The normalized spacial score (nSPS) is 13.9. The highest BCUT2D eigenvalue weighted by molar-refractivity contribution is 5.46. The van der Waals surface area contributed by atoms with E-state index in [1.54, 1.807) is 0 Å². The Kier molecular flexibility index (Phi) is 2.73. The zero-order chi connectivity index (χ0) is 9.97. The van der Waals surface area contributed by atoms with Crippen molar-refractivity contribution in [1.82, 2.24) is 5.32 Å². The van der Waals surface area contributed by atoms with Gasteiger partial charge >= 0.3 is 0 Å². The van der Waals surface area contributed by atoms with E-state index in [-0.39, 0.29) is 0 Å². The van der Waals surface area contributed by atoms with Crippen molar-refractivity contribution in [3.05, 3.63) is 28.8 Å². The molecule has 0 saturated carbocycles. The number of benzene rings is 1. The fraction of sp³-hybridized carbons (Fsp3) is 0.500. The molecule has 0 amide bonds. The first-order valence-electron chi connectivity index (χ1n) is 5.21. The molecule has 0 saturated heterocycles. The van der Waals surface area contributed by atoms with Crippen LogP contribution in [0.25, 0.3) is 0 Å². The van der Waals surface area contributed by atoms with Crippen molar-refractivity contribution in [3.8, 4) is 5.75 Å². The van der Waals surface area contributed by atoms with Crippen LogP contribution in [-0.4, -0.2) is 20.2 Å². The molecule has 0 fully saturated rings. The standard InChI is InChI=1S/C12H17NO/c1-9-7-10(3-5-13-2)8-11-4-6-14-12(9)11/h7-8,13H,3-6H2,1-2H3. The molecular formula is C12H17NO. The summed E-state index contributed by atoms with van der Waals surface area (Å²) in [7, 11) is 1.99. The molecule has 1 aromatic rings.